The van der Waals surface area contributed by atoms with Crippen LogP contribution in [0.2, 0.25) is 0 Å². The Labute approximate surface area is 192 Å². The number of carbonyl (C=O) groups is 1. The molecular formula is C26H39N3O3. The van der Waals surface area contributed by atoms with Gasteiger partial charge < -0.3 is 14.7 Å². The Balaban J connectivity index is 1.64. The predicted molar refractivity (Wildman–Crippen MR) is 127 cm³/mol. The third-order valence-electron chi connectivity index (χ3n) is 7.50. The van der Waals surface area contributed by atoms with Crippen molar-refractivity contribution in [2.45, 2.75) is 84.4 Å². The predicted octanol–water partition coefficient (Wildman–Crippen LogP) is 5.08. The van der Waals surface area contributed by atoms with E-state index in [1.807, 2.05) is 39.0 Å². The van der Waals surface area contributed by atoms with Crippen LogP contribution in [0.5, 0.6) is 0 Å². The monoisotopic (exact) mass is 441 g/mol. The van der Waals surface area contributed by atoms with Crippen molar-refractivity contribution >= 4 is 17.6 Å². The van der Waals surface area contributed by atoms with Gasteiger partial charge in [0.25, 0.3) is 0 Å². The van der Waals surface area contributed by atoms with E-state index in [0.29, 0.717) is 17.4 Å². The molecule has 2 saturated carbocycles. The number of rotatable bonds is 5. The molecule has 2 atom stereocenters. The van der Waals surface area contributed by atoms with Crippen molar-refractivity contribution in [1.82, 2.24) is 9.88 Å². The summed E-state index contributed by atoms with van der Waals surface area (Å²) in [7, 11) is 2.12. The summed E-state index contributed by atoms with van der Waals surface area (Å²) >= 11 is 0. The van der Waals surface area contributed by atoms with Gasteiger partial charge in [-0.05, 0) is 82.3 Å². The Morgan fingerprint density at radius 2 is 2.00 bits per heavy atom. The zero-order valence-corrected chi connectivity index (χ0v) is 20.5. The zero-order valence-electron chi connectivity index (χ0n) is 20.5. The smallest absolute Gasteiger partial charge is 0.415 e. The van der Waals surface area contributed by atoms with Crippen molar-refractivity contribution in [3.63, 3.8) is 0 Å². The van der Waals surface area contributed by atoms with Crippen molar-refractivity contribution in [2.24, 2.45) is 17.3 Å². The van der Waals surface area contributed by atoms with E-state index in [0.717, 1.165) is 23.6 Å². The number of aliphatic hydroxyl groups excluding tert-OH is 1. The molecule has 0 bridgehead atoms. The van der Waals surface area contributed by atoms with Crippen LogP contribution in [0.4, 0.5) is 10.6 Å². The van der Waals surface area contributed by atoms with Gasteiger partial charge in [0.05, 0.1) is 24.0 Å². The van der Waals surface area contributed by atoms with Crippen molar-refractivity contribution in [1.29, 1.82) is 0 Å². The number of pyridine rings is 1. The molecule has 1 aromatic heterocycles. The van der Waals surface area contributed by atoms with E-state index in [-0.39, 0.29) is 18.6 Å². The van der Waals surface area contributed by atoms with Gasteiger partial charge in [0, 0.05) is 13.1 Å². The van der Waals surface area contributed by atoms with E-state index < -0.39 is 11.7 Å². The second-order valence-electron chi connectivity index (χ2n) is 11.4. The maximum Gasteiger partial charge on any atom is 0.415 e. The maximum atomic E-state index is 13.3. The molecule has 1 amide bonds. The molecule has 4 rings (SSSR count). The lowest BCUT2D eigenvalue weighted by molar-refractivity contribution is 0.0112. The molecule has 0 radical (unpaired) electrons. The zero-order chi connectivity index (χ0) is 23.3. The third-order valence-corrected chi connectivity index (χ3v) is 7.50. The van der Waals surface area contributed by atoms with E-state index in [1.165, 1.54) is 25.7 Å². The Morgan fingerprint density at radius 3 is 2.56 bits per heavy atom. The van der Waals surface area contributed by atoms with Crippen molar-refractivity contribution in [2.75, 3.05) is 18.6 Å². The van der Waals surface area contributed by atoms with Crippen LogP contribution in [-0.2, 0) is 4.74 Å². The minimum absolute atomic E-state index is 0.108. The summed E-state index contributed by atoms with van der Waals surface area (Å²) in [6, 6.07) is 6.21. The number of nitrogens with zero attached hydrogens (tertiary/aromatic N) is 3. The average molecular weight is 442 g/mol. The fourth-order valence-corrected chi connectivity index (χ4v) is 5.33. The third kappa shape index (κ3) is 4.52. The van der Waals surface area contributed by atoms with E-state index >= 15 is 0 Å². The van der Waals surface area contributed by atoms with Gasteiger partial charge in [-0.2, -0.15) is 0 Å². The Bertz CT molecular complexity index is 877. The highest BCUT2D eigenvalue weighted by Gasteiger charge is 2.54. The summed E-state index contributed by atoms with van der Waals surface area (Å²) in [4.78, 5) is 22.2. The van der Waals surface area contributed by atoms with Crippen LogP contribution in [0.15, 0.2) is 24.3 Å². The SMILES string of the molecule is CC(C)C1CC=C(c2cccc(N(C)C3CC4(CC4)C3)n2)N(C(=O)OC(C)(C)C)C1CO. The molecule has 1 spiro atoms. The molecule has 2 heterocycles. The molecule has 0 aromatic carbocycles. The number of hydrogen-bond donors (Lipinski definition) is 1. The minimum Gasteiger partial charge on any atom is -0.443 e. The second kappa shape index (κ2) is 8.36. The minimum atomic E-state index is -0.620. The van der Waals surface area contributed by atoms with Crippen LogP contribution in [-0.4, -0.2) is 52.4 Å². The molecule has 2 fully saturated rings. The summed E-state index contributed by atoms with van der Waals surface area (Å²) in [6.07, 6.45) is 7.72. The molecule has 32 heavy (non-hydrogen) atoms. The largest absolute Gasteiger partial charge is 0.443 e. The first-order valence-electron chi connectivity index (χ1n) is 12.1. The molecule has 2 aliphatic carbocycles. The number of aliphatic hydroxyl groups is 1. The van der Waals surface area contributed by atoms with E-state index in [1.54, 1.807) is 4.90 Å². The van der Waals surface area contributed by atoms with Gasteiger partial charge in [-0.25, -0.2) is 9.78 Å². The van der Waals surface area contributed by atoms with Gasteiger partial charge in [-0.3, -0.25) is 4.90 Å². The number of anilines is 1. The standard InChI is InChI=1S/C26H39N3O3/c1-17(2)19-10-11-21(29(22(19)16-30)24(31)32-25(3,4)5)20-8-7-9-23(27-20)28(6)18-14-26(15-18)12-13-26/h7-9,11,17-19,22,30H,10,12-16H2,1-6H3. The molecule has 1 N–H and O–H groups in total. The van der Waals surface area contributed by atoms with E-state index in [2.05, 4.69) is 31.9 Å². The maximum absolute atomic E-state index is 13.3. The molecule has 6 heteroatoms. The van der Waals surface area contributed by atoms with E-state index in [9.17, 15) is 9.90 Å². The molecular weight excluding hydrogens is 402 g/mol. The van der Waals surface area contributed by atoms with Gasteiger partial charge >= 0.3 is 6.09 Å². The highest BCUT2D eigenvalue weighted by molar-refractivity contribution is 5.83. The van der Waals surface area contributed by atoms with Crippen LogP contribution < -0.4 is 4.90 Å². The number of allylic oxidation sites excluding steroid dienone is 1. The summed E-state index contributed by atoms with van der Waals surface area (Å²) in [5, 5.41) is 10.3. The van der Waals surface area contributed by atoms with Crippen LogP contribution in [0, 0.1) is 17.3 Å². The first-order valence-corrected chi connectivity index (χ1v) is 12.1. The van der Waals surface area contributed by atoms with Crippen molar-refractivity contribution < 1.29 is 14.6 Å². The molecule has 1 aromatic rings. The van der Waals surface area contributed by atoms with Gasteiger partial charge in [-0.1, -0.05) is 26.0 Å². The topological polar surface area (TPSA) is 65.9 Å². The summed E-state index contributed by atoms with van der Waals surface area (Å²) in [5.74, 6) is 1.42. The first-order chi connectivity index (χ1) is 15.0. The van der Waals surface area contributed by atoms with E-state index in [4.69, 9.17) is 9.72 Å². The normalized spacial score (nSPS) is 24.9. The Morgan fingerprint density at radius 1 is 1.31 bits per heavy atom. The number of carbonyl (C=O) groups excluding carboxylic acids is 1. The Hall–Kier alpha value is -2.08. The van der Waals surface area contributed by atoms with Gasteiger partial charge in [0.1, 0.15) is 11.4 Å². The number of hydrogen-bond acceptors (Lipinski definition) is 5. The number of amides is 1. The number of ether oxygens (including phenoxy) is 1. The van der Waals surface area contributed by atoms with Gasteiger partial charge in [0.15, 0.2) is 0 Å². The van der Waals surface area contributed by atoms with Crippen LogP contribution in [0.1, 0.15) is 72.4 Å². The number of aromatic nitrogens is 1. The first kappa shape index (κ1) is 23.1. The molecule has 6 nitrogen and oxygen atoms in total. The Kier molecular flexibility index (Phi) is 6.03. The highest BCUT2D eigenvalue weighted by atomic mass is 16.6. The lowest BCUT2D eigenvalue weighted by Gasteiger charge is -2.43. The second-order valence-corrected chi connectivity index (χ2v) is 11.4. The fourth-order valence-electron chi connectivity index (χ4n) is 5.33. The summed E-state index contributed by atoms with van der Waals surface area (Å²) in [5.41, 5.74) is 1.50. The van der Waals surface area contributed by atoms with Crippen molar-refractivity contribution in [3.8, 4) is 0 Å². The lowest BCUT2D eigenvalue weighted by atomic mass is 9.76. The highest BCUT2D eigenvalue weighted by Crippen LogP contribution is 2.61. The molecule has 176 valence electrons. The average Bonchev–Trinajstić information content (AvgIpc) is 3.51. The van der Waals surface area contributed by atoms with Gasteiger partial charge in [0.2, 0.25) is 0 Å². The quantitative estimate of drug-likeness (QED) is 0.691. The van der Waals surface area contributed by atoms with Crippen LogP contribution in [0.3, 0.4) is 0 Å². The lowest BCUT2D eigenvalue weighted by Crippen LogP contribution is -2.50. The van der Waals surface area contributed by atoms with Crippen molar-refractivity contribution in [3.05, 3.63) is 30.0 Å². The molecule has 3 aliphatic rings. The molecule has 0 saturated heterocycles. The summed E-state index contributed by atoms with van der Waals surface area (Å²) < 4.78 is 5.76. The molecule has 1 aliphatic heterocycles. The fraction of sp³-hybridized carbons (Fsp3) is 0.692. The van der Waals surface area contributed by atoms with Gasteiger partial charge in [-0.15, -0.1) is 0 Å². The summed E-state index contributed by atoms with van der Waals surface area (Å²) in [6.45, 7) is 9.77. The molecule has 2 unspecified atom stereocenters. The van der Waals surface area contributed by atoms with Crippen LogP contribution >= 0.6 is 0 Å². The van der Waals surface area contributed by atoms with Crippen LogP contribution in [0.25, 0.3) is 5.70 Å².